The lowest BCUT2D eigenvalue weighted by Gasteiger charge is -2.28. The summed E-state index contributed by atoms with van der Waals surface area (Å²) in [6, 6.07) is -0.969. The van der Waals surface area contributed by atoms with Crippen LogP contribution in [0.25, 0.3) is 0 Å². The standard InChI is InChI=1S/C15H31NO5/c17-9-7-5-3-1-2-4-6-8-16-12(10-18)14(20)15(21)13(16)11-19/h12-15,17-21H,1-11H2/t12-,13-,14-,15-/m1/s1. The second-order valence-electron chi connectivity index (χ2n) is 5.92. The molecule has 1 aliphatic rings. The summed E-state index contributed by atoms with van der Waals surface area (Å²) in [7, 11) is 0. The van der Waals surface area contributed by atoms with Crippen molar-refractivity contribution in [1.82, 2.24) is 4.90 Å². The Hall–Kier alpha value is -0.240. The summed E-state index contributed by atoms with van der Waals surface area (Å²) in [6.07, 6.45) is 5.34. The van der Waals surface area contributed by atoms with Gasteiger partial charge in [0.1, 0.15) is 0 Å². The van der Waals surface area contributed by atoms with E-state index in [0.29, 0.717) is 6.54 Å². The molecule has 1 rings (SSSR count). The Bertz CT molecular complexity index is 250. The molecule has 0 bridgehead atoms. The number of hydrogen-bond acceptors (Lipinski definition) is 6. The molecule has 0 aromatic heterocycles. The van der Waals surface area contributed by atoms with Gasteiger partial charge >= 0.3 is 0 Å². The number of hydrogen-bond donors (Lipinski definition) is 5. The van der Waals surface area contributed by atoms with E-state index >= 15 is 0 Å². The Morgan fingerprint density at radius 3 is 1.48 bits per heavy atom. The van der Waals surface area contributed by atoms with Crippen molar-refractivity contribution in [1.29, 1.82) is 0 Å². The quantitative estimate of drug-likeness (QED) is 0.329. The van der Waals surface area contributed by atoms with Gasteiger partial charge < -0.3 is 25.5 Å². The molecule has 0 saturated carbocycles. The van der Waals surface area contributed by atoms with Crippen molar-refractivity contribution < 1.29 is 25.5 Å². The molecular weight excluding hydrogens is 274 g/mol. The molecule has 0 aromatic rings. The minimum absolute atomic E-state index is 0.212. The number of nitrogens with zero attached hydrogens (tertiary/aromatic N) is 1. The minimum atomic E-state index is -0.995. The van der Waals surface area contributed by atoms with Crippen LogP contribution >= 0.6 is 0 Å². The normalized spacial score (nSPS) is 30.1. The molecule has 6 heteroatoms. The van der Waals surface area contributed by atoms with Crippen molar-refractivity contribution in [3.63, 3.8) is 0 Å². The van der Waals surface area contributed by atoms with Crippen LogP contribution in [0, 0.1) is 0 Å². The zero-order valence-corrected chi connectivity index (χ0v) is 12.8. The fourth-order valence-electron chi connectivity index (χ4n) is 3.14. The van der Waals surface area contributed by atoms with Crippen molar-refractivity contribution in [2.75, 3.05) is 26.4 Å². The average Bonchev–Trinajstić information content (AvgIpc) is 2.72. The van der Waals surface area contributed by atoms with Gasteiger partial charge in [0.05, 0.1) is 37.5 Å². The molecule has 5 N–H and O–H groups in total. The third kappa shape index (κ3) is 5.47. The van der Waals surface area contributed by atoms with Crippen molar-refractivity contribution >= 4 is 0 Å². The lowest BCUT2D eigenvalue weighted by Crippen LogP contribution is -2.43. The van der Waals surface area contributed by atoms with Crippen LogP contribution in [0.15, 0.2) is 0 Å². The minimum Gasteiger partial charge on any atom is -0.396 e. The van der Waals surface area contributed by atoms with Crippen molar-refractivity contribution in [3.05, 3.63) is 0 Å². The predicted molar refractivity (Wildman–Crippen MR) is 79.9 cm³/mol. The summed E-state index contributed by atoms with van der Waals surface area (Å²) >= 11 is 0. The molecule has 0 unspecified atom stereocenters. The molecule has 1 aliphatic heterocycles. The molecule has 1 fully saturated rings. The molecule has 126 valence electrons. The van der Waals surface area contributed by atoms with Crippen LogP contribution in [0.2, 0.25) is 0 Å². The van der Waals surface area contributed by atoms with E-state index in [1.807, 2.05) is 4.90 Å². The molecular formula is C15H31NO5. The van der Waals surface area contributed by atoms with Gasteiger partial charge in [-0.3, -0.25) is 4.90 Å². The number of rotatable bonds is 11. The predicted octanol–water partition coefficient (Wildman–Crippen LogP) is -0.531. The Balaban J connectivity index is 2.23. The van der Waals surface area contributed by atoms with Gasteiger partial charge in [0.25, 0.3) is 0 Å². The Kier molecular flexibility index (Phi) is 9.39. The third-order valence-corrected chi connectivity index (χ3v) is 4.44. The van der Waals surface area contributed by atoms with Gasteiger partial charge in [-0.15, -0.1) is 0 Å². The molecule has 6 nitrogen and oxygen atoms in total. The SMILES string of the molecule is OCCCCCCCCCN1[C@H](CO)[C@@H](O)[C@H](O)[C@H]1CO. The molecule has 21 heavy (non-hydrogen) atoms. The van der Waals surface area contributed by atoms with E-state index in [4.69, 9.17) is 5.11 Å². The first-order valence-corrected chi connectivity index (χ1v) is 8.11. The van der Waals surface area contributed by atoms with Crippen LogP contribution in [0.4, 0.5) is 0 Å². The first-order valence-electron chi connectivity index (χ1n) is 8.11. The van der Waals surface area contributed by atoms with Gasteiger partial charge in [-0.2, -0.15) is 0 Å². The van der Waals surface area contributed by atoms with Crippen LogP contribution in [0.5, 0.6) is 0 Å². The van der Waals surface area contributed by atoms with Crippen LogP contribution in [0.1, 0.15) is 44.9 Å². The smallest absolute Gasteiger partial charge is 0.0992 e. The van der Waals surface area contributed by atoms with Crippen LogP contribution in [-0.4, -0.2) is 81.1 Å². The van der Waals surface area contributed by atoms with Gasteiger partial charge in [0.15, 0.2) is 0 Å². The molecule has 0 radical (unpaired) electrons. The fourth-order valence-corrected chi connectivity index (χ4v) is 3.14. The van der Waals surface area contributed by atoms with E-state index in [1.54, 1.807) is 0 Å². The number of likely N-dealkylation sites (tertiary alicyclic amines) is 1. The highest BCUT2D eigenvalue weighted by molar-refractivity contribution is 5.00. The van der Waals surface area contributed by atoms with E-state index in [0.717, 1.165) is 44.9 Å². The summed E-state index contributed by atoms with van der Waals surface area (Å²) in [4.78, 5) is 1.83. The summed E-state index contributed by atoms with van der Waals surface area (Å²) < 4.78 is 0. The highest BCUT2D eigenvalue weighted by Crippen LogP contribution is 2.25. The van der Waals surface area contributed by atoms with Crippen LogP contribution in [-0.2, 0) is 0 Å². The highest BCUT2D eigenvalue weighted by atomic mass is 16.3. The van der Waals surface area contributed by atoms with Gasteiger partial charge in [-0.25, -0.2) is 0 Å². The lowest BCUT2D eigenvalue weighted by atomic mass is 10.1. The van der Waals surface area contributed by atoms with E-state index < -0.39 is 24.3 Å². The number of aliphatic hydroxyl groups is 5. The molecule has 1 saturated heterocycles. The van der Waals surface area contributed by atoms with Gasteiger partial charge in [-0.05, 0) is 19.4 Å². The number of unbranched alkanes of at least 4 members (excludes halogenated alkanes) is 6. The van der Waals surface area contributed by atoms with Gasteiger partial charge in [0, 0.05) is 6.61 Å². The average molecular weight is 305 g/mol. The molecule has 0 aliphatic carbocycles. The topological polar surface area (TPSA) is 104 Å². The van der Waals surface area contributed by atoms with E-state index in [2.05, 4.69) is 0 Å². The largest absolute Gasteiger partial charge is 0.396 e. The first-order chi connectivity index (χ1) is 10.2. The molecule has 0 amide bonds. The zero-order valence-electron chi connectivity index (χ0n) is 12.8. The second-order valence-corrected chi connectivity index (χ2v) is 5.92. The van der Waals surface area contributed by atoms with Crippen molar-refractivity contribution in [2.45, 2.75) is 69.2 Å². The van der Waals surface area contributed by atoms with Crippen LogP contribution < -0.4 is 0 Å². The van der Waals surface area contributed by atoms with E-state index in [-0.39, 0.29) is 19.8 Å². The van der Waals surface area contributed by atoms with Crippen molar-refractivity contribution in [2.24, 2.45) is 0 Å². The highest BCUT2D eigenvalue weighted by Gasteiger charge is 2.46. The Morgan fingerprint density at radius 2 is 1.05 bits per heavy atom. The van der Waals surface area contributed by atoms with Gasteiger partial charge in [-0.1, -0.05) is 32.1 Å². The fraction of sp³-hybridized carbons (Fsp3) is 1.00. The summed E-state index contributed by atoms with van der Waals surface area (Å²) in [5.41, 5.74) is 0. The summed E-state index contributed by atoms with van der Waals surface area (Å²) in [5, 5.41) is 47.1. The lowest BCUT2D eigenvalue weighted by molar-refractivity contribution is 0.0130. The van der Waals surface area contributed by atoms with E-state index in [9.17, 15) is 20.4 Å². The molecule has 1 heterocycles. The third-order valence-electron chi connectivity index (χ3n) is 4.44. The summed E-state index contributed by atoms with van der Waals surface area (Å²) in [6.45, 7) is 0.512. The first kappa shape index (κ1) is 18.8. The maximum absolute atomic E-state index is 9.87. The maximum Gasteiger partial charge on any atom is 0.0992 e. The molecule has 0 aromatic carbocycles. The Labute approximate surface area is 127 Å². The maximum atomic E-state index is 9.87. The summed E-state index contributed by atoms with van der Waals surface area (Å²) in [5.74, 6) is 0. The van der Waals surface area contributed by atoms with Gasteiger partial charge in [0.2, 0.25) is 0 Å². The number of aliphatic hydroxyl groups excluding tert-OH is 5. The Morgan fingerprint density at radius 1 is 0.619 bits per heavy atom. The molecule has 0 spiro atoms. The van der Waals surface area contributed by atoms with Crippen LogP contribution in [0.3, 0.4) is 0 Å². The zero-order chi connectivity index (χ0) is 15.7. The molecule has 4 atom stereocenters. The second kappa shape index (κ2) is 10.5. The monoisotopic (exact) mass is 305 g/mol. The van der Waals surface area contributed by atoms with Crippen molar-refractivity contribution in [3.8, 4) is 0 Å². The van der Waals surface area contributed by atoms with E-state index in [1.165, 1.54) is 0 Å².